The lowest BCUT2D eigenvalue weighted by Crippen LogP contribution is -2.48. The molecule has 5 heteroatoms. The van der Waals surface area contributed by atoms with Crippen molar-refractivity contribution >= 4 is 5.82 Å². The highest BCUT2D eigenvalue weighted by Gasteiger charge is 2.26. The molecule has 0 aromatic carbocycles. The second kappa shape index (κ2) is 6.99. The van der Waals surface area contributed by atoms with Gasteiger partial charge in [-0.3, -0.25) is 4.90 Å². The second-order valence-electron chi connectivity index (χ2n) is 5.48. The molecule has 0 spiro atoms. The molecular formula is C15H26N4O. The van der Waals surface area contributed by atoms with Gasteiger partial charge in [0.05, 0.1) is 19.3 Å². The van der Waals surface area contributed by atoms with Crippen LogP contribution in [0, 0.1) is 6.92 Å². The number of hydrogen-bond donors (Lipinski definition) is 1. The average molecular weight is 278 g/mol. The van der Waals surface area contributed by atoms with Gasteiger partial charge in [0.15, 0.2) is 0 Å². The van der Waals surface area contributed by atoms with Crippen LogP contribution in [0.2, 0.25) is 0 Å². The van der Waals surface area contributed by atoms with E-state index in [4.69, 9.17) is 4.74 Å². The average Bonchev–Trinajstić information content (AvgIpc) is 2.38. The third-order valence-corrected chi connectivity index (χ3v) is 3.66. The Morgan fingerprint density at radius 1 is 1.40 bits per heavy atom. The molecule has 2 rings (SSSR count). The van der Waals surface area contributed by atoms with Crippen LogP contribution < -0.4 is 5.32 Å². The molecule has 20 heavy (non-hydrogen) atoms. The molecule has 1 saturated heterocycles. The molecule has 0 aliphatic carbocycles. The number of ether oxygens (including phenoxy) is 1. The summed E-state index contributed by atoms with van der Waals surface area (Å²) in [7, 11) is 0. The largest absolute Gasteiger partial charge is 0.376 e. The highest BCUT2D eigenvalue weighted by atomic mass is 16.5. The van der Waals surface area contributed by atoms with E-state index >= 15 is 0 Å². The van der Waals surface area contributed by atoms with Crippen molar-refractivity contribution in [1.82, 2.24) is 14.9 Å². The van der Waals surface area contributed by atoms with E-state index in [1.807, 2.05) is 13.0 Å². The Kier molecular flexibility index (Phi) is 5.31. The van der Waals surface area contributed by atoms with E-state index in [0.717, 1.165) is 50.0 Å². The van der Waals surface area contributed by atoms with E-state index in [2.05, 4.69) is 41.0 Å². The molecule has 2 heterocycles. The van der Waals surface area contributed by atoms with E-state index in [0.29, 0.717) is 6.04 Å². The van der Waals surface area contributed by atoms with Crippen LogP contribution in [0.4, 0.5) is 5.82 Å². The SMILES string of the molecule is CCNc1cc(C)nc(CN2CC(C)OCC2CC)n1. The lowest BCUT2D eigenvalue weighted by molar-refractivity contribution is -0.0600. The van der Waals surface area contributed by atoms with Gasteiger partial charge in [-0.05, 0) is 27.2 Å². The topological polar surface area (TPSA) is 50.3 Å². The zero-order chi connectivity index (χ0) is 14.5. The summed E-state index contributed by atoms with van der Waals surface area (Å²) in [5.41, 5.74) is 1.01. The smallest absolute Gasteiger partial charge is 0.144 e. The van der Waals surface area contributed by atoms with Crippen LogP contribution in [0.15, 0.2) is 6.07 Å². The van der Waals surface area contributed by atoms with E-state index in [9.17, 15) is 0 Å². The summed E-state index contributed by atoms with van der Waals surface area (Å²) in [6.07, 6.45) is 1.38. The van der Waals surface area contributed by atoms with Crippen LogP contribution in [0.5, 0.6) is 0 Å². The molecule has 0 amide bonds. The third kappa shape index (κ3) is 3.90. The standard InChI is InChI=1S/C15H26N4O/c1-5-13-10-20-12(4)8-19(13)9-15-17-11(3)7-14(18-15)16-6-2/h7,12-13H,5-6,8-10H2,1-4H3,(H,16,17,18). The molecule has 1 N–H and O–H groups in total. The first-order valence-corrected chi connectivity index (χ1v) is 7.56. The lowest BCUT2D eigenvalue weighted by Gasteiger charge is -2.37. The maximum absolute atomic E-state index is 5.74. The van der Waals surface area contributed by atoms with Crippen LogP contribution in [-0.4, -0.2) is 46.7 Å². The number of hydrogen-bond acceptors (Lipinski definition) is 5. The van der Waals surface area contributed by atoms with Gasteiger partial charge in [-0.15, -0.1) is 0 Å². The quantitative estimate of drug-likeness (QED) is 0.895. The summed E-state index contributed by atoms with van der Waals surface area (Å²) in [6.45, 7) is 11.9. The van der Waals surface area contributed by atoms with Crippen LogP contribution in [-0.2, 0) is 11.3 Å². The maximum atomic E-state index is 5.74. The van der Waals surface area contributed by atoms with Crippen molar-refractivity contribution in [2.75, 3.05) is 25.0 Å². The molecule has 1 aliphatic rings. The van der Waals surface area contributed by atoms with Gasteiger partial charge >= 0.3 is 0 Å². The summed E-state index contributed by atoms with van der Waals surface area (Å²) in [4.78, 5) is 11.6. The number of rotatable bonds is 5. The van der Waals surface area contributed by atoms with Crippen molar-refractivity contribution in [3.05, 3.63) is 17.6 Å². The summed E-state index contributed by atoms with van der Waals surface area (Å²) in [5.74, 6) is 1.82. The van der Waals surface area contributed by atoms with E-state index in [-0.39, 0.29) is 6.10 Å². The first-order valence-electron chi connectivity index (χ1n) is 7.56. The van der Waals surface area contributed by atoms with Crippen molar-refractivity contribution in [2.45, 2.75) is 52.8 Å². The predicted octanol–water partition coefficient (Wildman–Crippen LogP) is 2.22. The van der Waals surface area contributed by atoms with Gasteiger partial charge in [0.1, 0.15) is 11.6 Å². The van der Waals surface area contributed by atoms with Crippen LogP contribution >= 0.6 is 0 Å². The Labute approximate surface area is 121 Å². The molecule has 2 unspecified atom stereocenters. The summed E-state index contributed by atoms with van der Waals surface area (Å²) in [6, 6.07) is 2.46. The predicted molar refractivity (Wildman–Crippen MR) is 80.8 cm³/mol. The Bertz CT molecular complexity index is 438. The Hall–Kier alpha value is -1.20. The van der Waals surface area contributed by atoms with Crippen molar-refractivity contribution < 1.29 is 4.74 Å². The van der Waals surface area contributed by atoms with Gasteiger partial charge in [-0.1, -0.05) is 6.92 Å². The van der Waals surface area contributed by atoms with Crippen LogP contribution in [0.1, 0.15) is 38.7 Å². The Morgan fingerprint density at radius 3 is 2.90 bits per heavy atom. The van der Waals surface area contributed by atoms with E-state index in [1.165, 1.54) is 0 Å². The second-order valence-corrected chi connectivity index (χ2v) is 5.48. The number of nitrogens with zero attached hydrogens (tertiary/aromatic N) is 3. The number of aryl methyl sites for hydroxylation is 1. The van der Waals surface area contributed by atoms with Gasteiger partial charge in [0, 0.05) is 30.9 Å². The molecule has 112 valence electrons. The van der Waals surface area contributed by atoms with Gasteiger partial charge in [-0.25, -0.2) is 9.97 Å². The number of aromatic nitrogens is 2. The molecule has 0 saturated carbocycles. The van der Waals surface area contributed by atoms with Crippen molar-refractivity contribution in [3.8, 4) is 0 Å². The molecule has 1 aromatic heterocycles. The minimum Gasteiger partial charge on any atom is -0.376 e. The first kappa shape index (κ1) is 15.2. The molecular weight excluding hydrogens is 252 g/mol. The first-order chi connectivity index (χ1) is 9.62. The molecule has 1 aromatic rings. The van der Waals surface area contributed by atoms with Crippen molar-refractivity contribution in [2.24, 2.45) is 0 Å². The highest BCUT2D eigenvalue weighted by molar-refractivity contribution is 5.35. The molecule has 1 fully saturated rings. The third-order valence-electron chi connectivity index (χ3n) is 3.66. The van der Waals surface area contributed by atoms with Gasteiger partial charge in [0.25, 0.3) is 0 Å². The minimum absolute atomic E-state index is 0.288. The summed E-state index contributed by atoms with van der Waals surface area (Å²) in [5, 5.41) is 3.27. The lowest BCUT2D eigenvalue weighted by atomic mass is 10.1. The van der Waals surface area contributed by atoms with E-state index in [1.54, 1.807) is 0 Å². The van der Waals surface area contributed by atoms with Crippen LogP contribution in [0.25, 0.3) is 0 Å². The van der Waals surface area contributed by atoms with Gasteiger partial charge < -0.3 is 10.1 Å². The number of anilines is 1. The molecule has 5 nitrogen and oxygen atoms in total. The zero-order valence-corrected chi connectivity index (χ0v) is 13.0. The van der Waals surface area contributed by atoms with Crippen molar-refractivity contribution in [1.29, 1.82) is 0 Å². The Morgan fingerprint density at radius 2 is 2.20 bits per heavy atom. The highest BCUT2D eigenvalue weighted by Crippen LogP contribution is 2.17. The number of morpholine rings is 1. The molecule has 2 atom stereocenters. The normalized spacial score (nSPS) is 23.8. The minimum atomic E-state index is 0.288. The number of nitrogens with one attached hydrogen (secondary N) is 1. The Balaban J connectivity index is 2.10. The summed E-state index contributed by atoms with van der Waals surface area (Å²) >= 11 is 0. The molecule has 0 radical (unpaired) electrons. The summed E-state index contributed by atoms with van der Waals surface area (Å²) < 4.78 is 5.74. The van der Waals surface area contributed by atoms with Gasteiger partial charge in [-0.2, -0.15) is 0 Å². The maximum Gasteiger partial charge on any atom is 0.144 e. The zero-order valence-electron chi connectivity index (χ0n) is 13.0. The molecule has 0 bridgehead atoms. The monoisotopic (exact) mass is 278 g/mol. The fraction of sp³-hybridized carbons (Fsp3) is 0.733. The van der Waals surface area contributed by atoms with Gasteiger partial charge in [0.2, 0.25) is 0 Å². The molecule has 1 aliphatic heterocycles. The fourth-order valence-electron chi connectivity index (χ4n) is 2.64. The fourth-order valence-corrected chi connectivity index (χ4v) is 2.64. The van der Waals surface area contributed by atoms with E-state index < -0.39 is 0 Å². The van der Waals surface area contributed by atoms with Crippen LogP contribution in [0.3, 0.4) is 0 Å². The van der Waals surface area contributed by atoms with Crippen molar-refractivity contribution in [3.63, 3.8) is 0 Å².